The lowest BCUT2D eigenvalue weighted by atomic mass is 9.86. The minimum atomic E-state index is -3.65. The van der Waals surface area contributed by atoms with E-state index in [4.69, 9.17) is 14.2 Å². The Hall–Kier alpha value is -6.75. The standard InChI is InChI=1S/C44H51N7O9S/c1-44(2,3)28-23-35(40(59-5)36(24-28)50-61(6,56)57)49-42(53)48-34-13-14-37(32-10-8-7-9-31(32)34)60-30-16-20-45-39(26-30)47-29-11-12-33(38(25-29)58-4)41(52)46-19-15-27-17-21-51(22-18-27)43(54)55/h7-14,16,20,23-27,50H,15,17-19,21-22H2,1-6H3,(H,45,47)(H,46,52)(H,54,55)(H2,48,49,53). The summed E-state index contributed by atoms with van der Waals surface area (Å²) in [6.45, 7) is 7.42. The van der Waals surface area contributed by atoms with E-state index in [2.05, 4.69) is 31.0 Å². The van der Waals surface area contributed by atoms with Gasteiger partial charge in [0.05, 0.1) is 43.1 Å². The van der Waals surface area contributed by atoms with Gasteiger partial charge in [-0.2, -0.15) is 0 Å². The molecule has 1 aliphatic rings. The Bertz CT molecular complexity index is 2540. The topological polar surface area (TPSA) is 210 Å². The predicted octanol–water partition coefficient (Wildman–Crippen LogP) is 8.61. The summed E-state index contributed by atoms with van der Waals surface area (Å²) in [4.78, 5) is 43.7. The van der Waals surface area contributed by atoms with Crippen LogP contribution in [-0.4, -0.2) is 81.5 Å². The molecule has 322 valence electrons. The van der Waals surface area contributed by atoms with Crippen molar-refractivity contribution in [3.63, 3.8) is 0 Å². The van der Waals surface area contributed by atoms with Crippen LogP contribution in [-0.2, 0) is 15.4 Å². The molecule has 0 saturated carbocycles. The Morgan fingerprint density at radius 3 is 2.23 bits per heavy atom. The highest BCUT2D eigenvalue weighted by atomic mass is 32.2. The number of hydrogen-bond acceptors (Lipinski definition) is 10. The number of carboxylic acid groups (broad SMARTS) is 1. The molecule has 1 aromatic heterocycles. The zero-order valence-corrected chi connectivity index (χ0v) is 35.7. The molecule has 0 radical (unpaired) electrons. The zero-order valence-electron chi connectivity index (χ0n) is 34.9. The number of carbonyl (C=O) groups excluding carboxylic acids is 2. The molecule has 61 heavy (non-hydrogen) atoms. The smallest absolute Gasteiger partial charge is 0.407 e. The van der Waals surface area contributed by atoms with Gasteiger partial charge in [0.15, 0.2) is 5.75 Å². The Morgan fingerprint density at radius 2 is 1.56 bits per heavy atom. The van der Waals surface area contributed by atoms with Gasteiger partial charge >= 0.3 is 12.1 Å². The van der Waals surface area contributed by atoms with Gasteiger partial charge in [0, 0.05) is 54.4 Å². The highest BCUT2D eigenvalue weighted by Crippen LogP contribution is 2.40. The summed E-state index contributed by atoms with van der Waals surface area (Å²) < 4.78 is 44.3. The fraction of sp³-hybridized carbons (Fsp3) is 0.318. The number of nitrogens with one attached hydrogen (secondary N) is 5. The van der Waals surface area contributed by atoms with Crippen molar-refractivity contribution in [1.29, 1.82) is 0 Å². The summed E-state index contributed by atoms with van der Waals surface area (Å²) in [5.74, 6) is 2.12. The number of nitrogens with zero attached hydrogens (tertiary/aromatic N) is 2. The van der Waals surface area contributed by atoms with Crippen molar-refractivity contribution >= 4 is 67.4 Å². The maximum Gasteiger partial charge on any atom is 0.407 e. The number of hydrogen-bond donors (Lipinski definition) is 6. The molecule has 0 atom stereocenters. The molecule has 17 heteroatoms. The number of piperidine rings is 1. The molecule has 0 unspecified atom stereocenters. The van der Waals surface area contributed by atoms with E-state index in [0.717, 1.165) is 36.5 Å². The minimum absolute atomic E-state index is 0.160. The van der Waals surface area contributed by atoms with Crippen molar-refractivity contribution in [3.8, 4) is 23.0 Å². The number of methoxy groups -OCH3 is 2. The molecule has 1 aliphatic heterocycles. The summed E-state index contributed by atoms with van der Waals surface area (Å²) in [5.41, 5.74) is 2.40. The van der Waals surface area contributed by atoms with Crippen LogP contribution < -0.4 is 40.2 Å². The van der Waals surface area contributed by atoms with Crippen LogP contribution in [0.15, 0.2) is 85.1 Å². The Balaban J connectivity index is 1.12. The van der Waals surface area contributed by atoms with Gasteiger partial charge in [-0.05, 0) is 78.6 Å². The van der Waals surface area contributed by atoms with Gasteiger partial charge in [0.2, 0.25) is 10.0 Å². The third-order valence-corrected chi connectivity index (χ3v) is 10.8. The average Bonchev–Trinajstić information content (AvgIpc) is 3.21. The van der Waals surface area contributed by atoms with E-state index in [-0.39, 0.29) is 28.4 Å². The SMILES string of the molecule is COc1cc(Nc2cc(Oc3ccc(NC(=O)Nc4cc(C(C)(C)C)cc(NS(C)(=O)=O)c4OC)c4ccccc34)ccn2)ccc1C(=O)NCCC1CCN(C(=O)O)CC1. The van der Waals surface area contributed by atoms with Crippen molar-refractivity contribution in [2.45, 2.75) is 45.4 Å². The van der Waals surface area contributed by atoms with E-state index >= 15 is 0 Å². The highest BCUT2D eigenvalue weighted by molar-refractivity contribution is 7.92. The number of anilines is 5. The lowest BCUT2D eigenvalue weighted by Gasteiger charge is -2.29. The van der Waals surface area contributed by atoms with Crippen molar-refractivity contribution in [2.24, 2.45) is 5.92 Å². The monoisotopic (exact) mass is 853 g/mol. The molecule has 6 rings (SSSR count). The maximum atomic E-state index is 13.5. The van der Waals surface area contributed by atoms with Gasteiger partial charge in [-0.25, -0.2) is 23.0 Å². The Morgan fingerprint density at radius 1 is 0.852 bits per heavy atom. The van der Waals surface area contributed by atoms with E-state index in [1.54, 1.807) is 60.8 Å². The number of fused-ring (bicyclic) bond motifs is 1. The third-order valence-electron chi connectivity index (χ3n) is 10.2. The van der Waals surface area contributed by atoms with Gasteiger partial charge in [-0.15, -0.1) is 0 Å². The number of ether oxygens (including phenoxy) is 3. The van der Waals surface area contributed by atoms with Gasteiger partial charge in [0.1, 0.15) is 23.1 Å². The van der Waals surface area contributed by atoms with Crippen molar-refractivity contribution in [3.05, 3.63) is 96.2 Å². The molecular formula is C44H51N7O9S. The molecule has 1 fully saturated rings. The number of urea groups is 1. The van der Waals surface area contributed by atoms with E-state index < -0.39 is 22.1 Å². The van der Waals surface area contributed by atoms with Gasteiger partial charge in [-0.1, -0.05) is 45.0 Å². The summed E-state index contributed by atoms with van der Waals surface area (Å²) in [7, 11) is -0.758. The van der Waals surface area contributed by atoms with E-state index in [1.807, 2.05) is 45.0 Å². The first-order chi connectivity index (χ1) is 29.0. The molecule has 0 bridgehead atoms. The second kappa shape index (κ2) is 18.7. The molecule has 5 aromatic rings. The van der Waals surface area contributed by atoms with Crippen LogP contribution in [0.1, 0.15) is 56.0 Å². The number of benzene rings is 4. The first-order valence-corrected chi connectivity index (χ1v) is 21.6. The quantitative estimate of drug-likeness (QED) is 0.0623. The van der Waals surface area contributed by atoms with Crippen LogP contribution in [0.4, 0.5) is 38.2 Å². The highest BCUT2D eigenvalue weighted by Gasteiger charge is 2.24. The molecule has 4 amide bonds. The van der Waals surface area contributed by atoms with Crippen LogP contribution in [0.25, 0.3) is 10.8 Å². The predicted molar refractivity (Wildman–Crippen MR) is 237 cm³/mol. The largest absolute Gasteiger partial charge is 0.496 e. The van der Waals surface area contributed by atoms with Crippen LogP contribution in [0.2, 0.25) is 0 Å². The molecule has 6 N–H and O–H groups in total. The molecule has 0 spiro atoms. The van der Waals surface area contributed by atoms with Crippen molar-refractivity contribution < 1.29 is 42.1 Å². The summed E-state index contributed by atoms with van der Waals surface area (Å²) >= 11 is 0. The Labute approximate surface area is 355 Å². The number of pyridine rings is 1. The molecule has 1 saturated heterocycles. The number of sulfonamides is 1. The second-order valence-corrected chi connectivity index (χ2v) is 17.5. The number of amides is 4. The summed E-state index contributed by atoms with van der Waals surface area (Å²) in [6.07, 6.45) is 4.07. The summed E-state index contributed by atoms with van der Waals surface area (Å²) in [6, 6.07) is 22.4. The number of rotatable bonds is 14. The maximum absolute atomic E-state index is 13.5. The number of aromatic nitrogens is 1. The van der Waals surface area contributed by atoms with Crippen LogP contribution in [0.3, 0.4) is 0 Å². The molecule has 0 aliphatic carbocycles. The summed E-state index contributed by atoms with van der Waals surface area (Å²) in [5, 5.41) is 22.6. The second-order valence-electron chi connectivity index (χ2n) is 15.7. The van der Waals surface area contributed by atoms with E-state index in [9.17, 15) is 27.9 Å². The first-order valence-electron chi connectivity index (χ1n) is 19.7. The molecule has 2 heterocycles. The van der Waals surface area contributed by atoms with E-state index in [0.29, 0.717) is 70.9 Å². The fourth-order valence-electron chi connectivity index (χ4n) is 7.07. The molecule has 4 aromatic carbocycles. The van der Waals surface area contributed by atoms with Gasteiger partial charge < -0.3 is 45.5 Å². The number of carbonyl (C=O) groups is 3. The normalized spacial score (nSPS) is 13.2. The van der Waals surface area contributed by atoms with Gasteiger partial charge in [-0.3, -0.25) is 9.52 Å². The third kappa shape index (κ3) is 11.3. The first kappa shape index (κ1) is 43.8. The Kier molecular flexibility index (Phi) is 13.4. The van der Waals surface area contributed by atoms with Crippen molar-refractivity contribution in [1.82, 2.24) is 15.2 Å². The van der Waals surface area contributed by atoms with Gasteiger partial charge in [0.25, 0.3) is 5.91 Å². The fourth-order valence-corrected chi connectivity index (χ4v) is 7.62. The average molecular weight is 854 g/mol. The number of likely N-dealkylation sites (tertiary alicyclic amines) is 1. The van der Waals surface area contributed by atoms with E-state index in [1.165, 1.54) is 19.1 Å². The lowest BCUT2D eigenvalue weighted by Crippen LogP contribution is -2.38. The lowest BCUT2D eigenvalue weighted by molar-refractivity contribution is 0.0945. The van der Waals surface area contributed by atoms with Crippen LogP contribution in [0, 0.1) is 5.92 Å². The minimum Gasteiger partial charge on any atom is -0.496 e. The van der Waals surface area contributed by atoms with Crippen LogP contribution >= 0.6 is 0 Å². The van der Waals surface area contributed by atoms with Crippen molar-refractivity contribution in [2.75, 3.05) is 60.8 Å². The molecular weight excluding hydrogens is 803 g/mol. The van der Waals surface area contributed by atoms with Crippen LogP contribution in [0.5, 0.6) is 23.0 Å². The molecule has 16 nitrogen and oxygen atoms in total. The zero-order chi connectivity index (χ0) is 43.9.